The molecule has 0 radical (unpaired) electrons. The van der Waals surface area contributed by atoms with E-state index in [1.807, 2.05) is 6.92 Å². The Balaban J connectivity index is 2.53. The van der Waals surface area contributed by atoms with Gasteiger partial charge in [0.05, 0.1) is 6.61 Å². The fourth-order valence-electron chi connectivity index (χ4n) is 1.85. The van der Waals surface area contributed by atoms with E-state index in [2.05, 4.69) is 32.0 Å². The summed E-state index contributed by atoms with van der Waals surface area (Å²) in [6.07, 6.45) is 4.92. The molecule has 17 heavy (non-hydrogen) atoms. The zero-order chi connectivity index (χ0) is 12.7. The van der Waals surface area contributed by atoms with E-state index in [0.29, 0.717) is 0 Å². The zero-order valence-electron chi connectivity index (χ0n) is 11.3. The Bertz CT molecular complexity index is 334. The molecule has 2 heteroatoms. The molecular weight excluding hydrogens is 210 g/mol. The largest absolute Gasteiger partial charge is 0.493 e. The predicted octanol–water partition coefficient (Wildman–Crippen LogP) is 3.97. The van der Waals surface area contributed by atoms with E-state index in [1.54, 1.807) is 0 Å². The van der Waals surface area contributed by atoms with Crippen LogP contribution >= 0.6 is 0 Å². The molecule has 0 aromatic heterocycles. The molecule has 0 saturated carbocycles. The number of ether oxygens (including phenoxy) is 1. The number of rotatable bonds is 7. The van der Waals surface area contributed by atoms with Crippen molar-refractivity contribution >= 4 is 0 Å². The smallest absolute Gasteiger partial charge is 0.124 e. The van der Waals surface area contributed by atoms with Gasteiger partial charge in [-0.3, -0.25) is 0 Å². The lowest BCUT2D eigenvalue weighted by Gasteiger charge is -2.14. The van der Waals surface area contributed by atoms with Gasteiger partial charge < -0.3 is 10.5 Å². The minimum absolute atomic E-state index is 0.0289. The fraction of sp³-hybridized carbons (Fsp3) is 0.600. The minimum Gasteiger partial charge on any atom is -0.493 e. The Morgan fingerprint density at radius 2 is 2.00 bits per heavy atom. The van der Waals surface area contributed by atoms with Crippen LogP contribution in [0.15, 0.2) is 18.2 Å². The predicted molar refractivity (Wildman–Crippen MR) is 73.4 cm³/mol. The second-order valence-corrected chi connectivity index (χ2v) is 4.74. The topological polar surface area (TPSA) is 35.2 Å². The van der Waals surface area contributed by atoms with Crippen LogP contribution in [0.2, 0.25) is 0 Å². The molecule has 1 rings (SSSR count). The number of hydrogen-bond acceptors (Lipinski definition) is 2. The van der Waals surface area contributed by atoms with Gasteiger partial charge in [-0.05, 0) is 31.9 Å². The average molecular weight is 235 g/mol. The van der Waals surface area contributed by atoms with E-state index in [9.17, 15) is 0 Å². The van der Waals surface area contributed by atoms with Gasteiger partial charge in [0, 0.05) is 11.6 Å². The van der Waals surface area contributed by atoms with Crippen molar-refractivity contribution in [3.8, 4) is 5.75 Å². The third kappa shape index (κ3) is 4.78. The highest BCUT2D eigenvalue weighted by Gasteiger charge is 2.07. The lowest BCUT2D eigenvalue weighted by molar-refractivity contribution is 0.300. The minimum atomic E-state index is 0.0289. The summed E-state index contributed by atoms with van der Waals surface area (Å²) in [5.41, 5.74) is 8.26. The third-order valence-electron chi connectivity index (χ3n) is 2.92. The molecule has 0 aliphatic rings. The Kier molecular flexibility index (Phi) is 6.06. The van der Waals surface area contributed by atoms with Crippen LogP contribution in [0.3, 0.4) is 0 Å². The van der Waals surface area contributed by atoms with Crippen LogP contribution in [-0.4, -0.2) is 6.61 Å². The van der Waals surface area contributed by atoms with Gasteiger partial charge in [-0.1, -0.05) is 38.3 Å². The van der Waals surface area contributed by atoms with Gasteiger partial charge in [-0.25, -0.2) is 0 Å². The Morgan fingerprint density at radius 1 is 1.24 bits per heavy atom. The summed E-state index contributed by atoms with van der Waals surface area (Å²) in [5.74, 6) is 0.955. The molecule has 1 atom stereocenters. The normalized spacial score (nSPS) is 12.5. The van der Waals surface area contributed by atoms with Crippen molar-refractivity contribution in [1.29, 1.82) is 0 Å². The first-order chi connectivity index (χ1) is 8.15. The molecule has 0 spiro atoms. The Labute approximate surface area is 105 Å². The van der Waals surface area contributed by atoms with E-state index in [4.69, 9.17) is 10.5 Å². The van der Waals surface area contributed by atoms with E-state index in [0.717, 1.165) is 24.3 Å². The first-order valence-corrected chi connectivity index (χ1v) is 6.64. The van der Waals surface area contributed by atoms with Gasteiger partial charge in [0.15, 0.2) is 0 Å². The molecule has 1 aromatic rings. The molecule has 0 aliphatic heterocycles. The van der Waals surface area contributed by atoms with Gasteiger partial charge in [-0.2, -0.15) is 0 Å². The highest BCUT2D eigenvalue weighted by Crippen LogP contribution is 2.25. The summed E-state index contributed by atoms with van der Waals surface area (Å²) in [6.45, 7) is 7.09. The van der Waals surface area contributed by atoms with Crippen LogP contribution in [0.25, 0.3) is 0 Å². The van der Waals surface area contributed by atoms with Crippen LogP contribution in [0.1, 0.15) is 56.7 Å². The molecule has 0 saturated heterocycles. The SMILES string of the molecule is CCCCCCOc1cc(C)ccc1C(C)N. The van der Waals surface area contributed by atoms with Crippen molar-refractivity contribution in [1.82, 2.24) is 0 Å². The zero-order valence-corrected chi connectivity index (χ0v) is 11.3. The summed E-state index contributed by atoms with van der Waals surface area (Å²) in [7, 11) is 0. The van der Waals surface area contributed by atoms with Crippen molar-refractivity contribution in [3.63, 3.8) is 0 Å². The lowest BCUT2D eigenvalue weighted by atomic mass is 10.1. The lowest BCUT2D eigenvalue weighted by Crippen LogP contribution is -2.09. The summed E-state index contributed by atoms with van der Waals surface area (Å²) >= 11 is 0. The first-order valence-electron chi connectivity index (χ1n) is 6.64. The molecule has 0 bridgehead atoms. The third-order valence-corrected chi connectivity index (χ3v) is 2.92. The number of benzene rings is 1. The first kappa shape index (κ1) is 14.0. The van der Waals surface area contributed by atoms with Crippen LogP contribution < -0.4 is 10.5 Å². The van der Waals surface area contributed by atoms with Crippen LogP contribution in [-0.2, 0) is 0 Å². The fourth-order valence-corrected chi connectivity index (χ4v) is 1.85. The summed E-state index contributed by atoms with van der Waals surface area (Å²) in [4.78, 5) is 0. The van der Waals surface area contributed by atoms with E-state index in [-0.39, 0.29) is 6.04 Å². The van der Waals surface area contributed by atoms with Crippen LogP contribution in [0, 0.1) is 6.92 Å². The van der Waals surface area contributed by atoms with Crippen molar-refractivity contribution in [2.45, 2.75) is 52.5 Å². The van der Waals surface area contributed by atoms with Gasteiger partial charge in [0.25, 0.3) is 0 Å². The quantitative estimate of drug-likeness (QED) is 0.726. The maximum absolute atomic E-state index is 5.94. The van der Waals surface area contributed by atoms with Crippen molar-refractivity contribution in [2.24, 2.45) is 5.73 Å². The van der Waals surface area contributed by atoms with Gasteiger partial charge in [0.1, 0.15) is 5.75 Å². The number of aryl methyl sites for hydroxylation is 1. The summed E-state index contributed by atoms with van der Waals surface area (Å²) in [5, 5.41) is 0. The highest BCUT2D eigenvalue weighted by atomic mass is 16.5. The maximum Gasteiger partial charge on any atom is 0.124 e. The maximum atomic E-state index is 5.94. The molecule has 0 heterocycles. The molecule has 0 fully saturated rings. The Morgan fingerprint density at radius 3 is 2.65 bits per heavy atom. The van der Waals surface area contributed by atoms with Gasteiger partial charge >= 0.3 is 0 Å². The number of hydrogen-bond donors (Lipinski definition) is 1. The standard InChI is InChI=1S/C15H25NO/c1-4-5-6-7-10-17-15-11-12(2)8-9-14(15)13(3)16/h8-9,11,13H,4-7,10,16H2,1-3H3. The van der Waals surface area contributed by atoms with Gasteiger partial charge in [-0.15, -0.1) is 0 Å². The van der Waals surface area contributed by atoms with Crippen LogP contribution in [0.5, 0.6) is 5.75 Å². The van der Waals surface area contributed by atoms with E-state index < -0.39 is 0 Å². The Hall–Kier alpha value is -1.02. The van der Waals surface area contributed by atoms with Crippen molar-refractivity contribution in [3.05, 3.63) is 29.3 Å². The molecule has 96 valence electrons. The molecular formula is C15H25NO. The van der Waals surface area contributed by atoms with Crippen molar-refractivity contribution in [2.75, 3.05) is 6.61 Å². The van der Waals surface area contributed by atoms with E-state index in [1.165, 1.54) is 24.8 Å². The molecule has 2 N–H and O–H groups in total. The summed E-state index contributed by atoms with van der Waals surface area (Å²) in [6, 6.07) is 6.27. The van der Waals surface area contributed by atoms with E-state index >= 15 is 0 Å². The molecule has 1 aromatic carbocycles. The number of unbranched alkanes of at least 4 members (excludes halogenated alkanes) is 3. The molecule has 0 aliphatic carbocycles. The average Bonchev–Trinajstić information content (AvgIpc) is 2.28. The molecule has 0 amide bonds. The molecule has 2 nitrogen and oxygen atoms in total. The van der Waals surface area contributed by atoms with Gasteiger partial charge in [0.2, 0.25) is 0 Å². The highest BCUT2D eigenvalue weighted by molar-refractivity contribution is 5.38. The molecule has 1 unspecified atom stereocenters. The van der Waals surface area contributed by atoms with Crippen LogP contribution in [0.4, 0.5) is 0 Å². The summed E-state index contributed by atoms with van der Waals surface area (Å²) < 4.78 is 5.85. The van der Waals surface area contributed by atoms with Crippen molar-refractivity contribution < 1.29 is 4.74 Å². The number of nitrogens with two attached hydrogens (primary N) is 1. The second-order valence-electron chi connectivity index (χ2n) is 4.74. The monoisotopic (exact) mass is 235 g/mol. The second kappa shape index (κ2) is 7.33.